The minimum Gasteiger partial charge on any atom is -0.495 e. The van der Waals surface area contributed by atoms with Crippen LogP contribution >= 0.6 is 23.8 Å². The van der Waals surface area contributed by atoms with Gasteiger partial charge in [-0.2, -0.15) is 0 Å². The van der Waals surface area contributed by atoms with E-state index in [1.165, 1.54) is 6.07 Å². The van der Waals surface area contributed by atoms with Crippen LogP contribution in [0.5, 0.6) is 5.75 Å². The van der Waals surface area contributed by atoms with Crippen LogP contribution in [0.1, 0.15) is 5.56 Å². The molecule has 0 atom stereocenters. The van der Waals surface area contributed by atoms with Gasteiger partial charge >= 0.3 is 0 Å². The van der Waals surface area contributed by atoms with Crippen molar-refractivity contribution in [1.29, 1.82) is 0 Å². The van der Waals surface area contributed by atoms with E-state index in [1.54, 1.807) is 19.2 Å². The maximum atomic E-state index is 14.0. The molecule has 1 aliphatic heterocycles. The van der Waals surface area contributed by atoms with E-state index < -0.39 is 0 Å². The van der Waals surface area contributed by atoms with Gasteiger partial charge in [-0.15, -0.1) is 0 Å². The molecule has 1 N–H and O–H groups in total. The average Bonchev–Trinajstić information content (AvgIpc) is 2.66. The summed E-state index contributed by atoms with van der Waals surface area (Å²) in [4.78, 5) is 4.30. The van der Waals surface area contributed by atoms with Gasteiger partial charge in [-0.05, 0) is 36.5 Å². The quantitative estimate of drug-likeness (QED) is 0.792. The van der Waals surface area contributed by atoms with Gasteiger partial charge in [-0.3, -0.25) is 4.90 Å². The van der Waals surface area contributed by atoms with Gasteiger partial charge in [0.1, 0.15) is 11.6 Å². The van der Waals surface area contributed by atoms with Crippen molar-refractivity contribution in [3.63, 3.8) is 0 Å². The first-order valence-corrected chi connectivity index (χ1v) is 9.21. The van der Waals surface area contributed by atoms with Crippen LogP contribution in [0.15, 0.2) is 42.5 Å². The van der Waals surface area contributed by atoms with Crippen molar-refractivity contribution in [1.82, 2.24) is 9.80 Å². The number of para-hydroxylation sites is 2. The molecule has 0 unspecified atom stereocenters. The summed E-state index contributed by atoms with van der Waals surface area (Å²) in [5.41, 5.74) is 1.40. The van der Waals surface area contributed by atoms with Gasteiger partial charge in [0, 0.05) is 43.3 Å². The van der Waals surface area contributed by atoms with Crippen LogP contribution in [-0.4, -0.2) is 48.2 Å². The monoisotopic (exact) mass is 393 g/mol. The van der Waals surface area contributed by atoms with Crippen LogP contribution in [0.3, 0.4) is 0 Å². The second-order valence-corrected chi connectivity index (χ2v) is 6.89. The summed E-state index contributed by atoms with van der Waals surface area (Å²) >= 11 is 11.7. The van der Waals surface area contributed by atoms with Gasteiger partial charge in [0.25, 0.3) is 0 Å². The van der Waals surface area contributed by atoms with Gasteiger partial charge in [0.2, 0.25) is 0 Å². The van der Waals surface area contributed by atoms with Gasteiger partial charge < -0.3 is 15.0 Å². The Balaban J connectivity index is 1.56. The SMILES string of the molecule is COc1ccccc1NC(=S)N1CCN(Cc2c(F)cccc2Cl)CC1. The maximum absolute atomic E-state index is 14.0. The van der Waals surface area contributed by atoms with E-state index in [2.05, 4.69) is 15.1 Å². The van der Waals surface area contributed by atoms with Crippen molar-refractivity contribution in [2.75, 3.05) is 38.6 Å². The summed E-state index contributed by atoms with van der Waals surface area (Å²) in [7, 11) is 1.64. The topological polar surface area (TPSA) is 27.7 Å². The number of rotatable bonds is 4. The number of anilines is 1. The van der Waals surface area contributed by atoms with Crippen LogP contribution in [0.25, 0.3) is 0 Å². The number of hydrogen-bond acceptors (Lipinski definition) is 3. The lowest BCUT2D eigenvalue weighted by Crippen LogP contribution is -2.49. The molecule has 1 saturated heterocycles. The third kappa shape index (κ3) is 4.44. The largest absolute Gasteiger partial charge is 0.495 e. The third-order valence-electron chi connectivity index (χ3n) is 4.45. The highest BCUT2D eigenvalue weighted by Crippen LogP contribution is 2.24. The van der Waals surface area contributed by atoms with Gasteiger partial charge in [0.05, 0.1) is 12.8 Å². The number of halogens is 2. The van der Waals surface area contributed by atoms with Crippen molar-refractivity contribution in [2.24, 2.45) is 0 Å². The summed E-state index contributed by atoms with van der Waals surface area (Å²) in [5, 5.41) is 4.38. The standard InChI is InChI=1S/C19H21ClFN3OS/c1-25-18-8-3-2-7-17(18)22-19(26)24-11-9-23(10-12-24)13-14-15(20)5-4-6-16(14)21/h2-8H,9-13H2,1H3,(H,22,26). The van der Waals surface area contributed by atoms with Crippen molar-refractivity contribution >= 4 is 34.6 Å². The highest BCUT2D eigenvalue weighted by molar-refractivity contribution is 7.80. The molecule has 0 radical (unpaired) electrons. The van der Waals surface area contributed by atoms with Crippen LogP contribution in [0.4, 0.5) is 10.1 Å². The molecule has 0 bridgehead atoms. The van der Waals surface area contributed by atoms with Gasteiger partial charge in [-0.1, -0.05) is 29.8 Å². The molecule has 7 heteroatoms. The lowest BCUT2D eigenvalue weighted by molar-refractivity contribution is 0.175. The third-order valence-corrected chi connectivity index (χ3v) is 5.17. The first-order valence-electron chi connectivity index (χ1n) is 8.42. The summed E-state index contributed by atoms with van der Waals surface area (Å²) < 4.78 is 19.3. The average molecular weight is 394 g/mol. The summed E-state index contributed by atoms with van der Waals surface area (Å²) in [6.07, 6.45) is 0. The molecule has 2 aromatic rings. The number of nitrogens with one attached hydrogen (secondary N) is 1. The minimum absolute atomic E-state index is 0.256. The normalized spacial score (nSPS) is 15.0. The molecule has 138 valence electrons. The second kappa shape index (κ2) is 8.66. The second-order valence-electron chi connectivity index (χ2n) is 6.09. The zero-order valence-corrected chi connectivity index (χ0v) is 16.1. The molecule has 1 fully saturated rings. The van der Waals surface area contributed by atoms with E-state index >= 15 is 0 Å². The van der Waals surface area contributed by atoms with Crippen molar-refractivity contribution in [3.8, 4) is 5.75 Å². The predicted molar refractivity (Wildman–Crippen MR) is 107 cm³/mol. The predicted octanol–water partition coefficient (Wildman–Crippen LogP) is 4.00. The smallest absolute Gasteiger partial charge is 0.173 e. The van der Waals surface area contributed by atoms with E-state index in [4.69, 9.17) is 28.6 Å². The Bertz CT molecular complexity index is 761. The fourth-order valence-electron chi connectivity index (χ4n) is 2.96. The van der Waals surface area contributed by atoms with Gasteiger partial charge in [-0.25, -0.2) is 4.39 Å². The van der Waals surface area contributed by atoms with E-state index in [0.29, 0.717) is 22.2 Å². The highest BCUT2D eigenvalue weighted by atomic mass is 35.5. The molecule has 3 rings (SSSR count). The lowest BCUT2D eigenvalue weighted by atomic mass is 10.2. The van der Waals surface area contributed by atoms with Crippen molar-refractivity contribution in [3.05, 3.63) is 58.9 Å². The van der Waals surface area contributed by atoms with Crippen molar-refractivity contribution < 1.29 is 9.13 Å². The molecule has 4 nitrogen and oxygen atoms in total. The first-order chi connectivity index (χ1) is 12.6. The lowest BCUT2D eigenvalue weighted by Gasteiger charge is -2.36. The Labute approximate surface area is 163 Å². The molecule has 0 aliphatic carbocycles. The van der Waals surface area contributed by atoms with E-state index in [0.717, 1.165) is 37.6 Å². The van der Waals surface area contributed by atoms with Crippen molar-refractivity contribution in [2.45, 2.75) is 6.54 Å². The molecule has 26 heavy (non-hydrogen) atoms. The molecular formula is C19H21ClFN3OS. The molecule has 1 aliphatic rings. The Morgan fingerprint density at radius 1 is 1.15 bits per heavy atom. The van der Waals surface area contributed by atoms with E-state index in [9.17, 15) is 4.39 Å². The summed E-state index contributed by atoms with van der Waals surface area (Å²) in [6, 6.07) is 12.5. The van der Waals surface area contributed by atoms with Crippen LogP contribution < -0.4 is 10.1 Å². The molecule has 0 amide bonds. The molecule has 2 aromatic carbocycles. The Morgan fingerprint density at radius 3 is 2.58 bits per heavy atom. The Morgan fingerprint density at radius 2 is 1.88 bits per heavy atom. The van der Waals surface area contributed by atoms with Crippen LogP contribution in [0.2, 0.25) is 5.02 Å². The number of ether oxygens (including phenoxy) is 1. The molecule has 1 heterocycles. The number of hydrogen-bond donors (Lipinski definition) is 1. The van der Waals surface area contributed by atoms with Crippen LogP contribution in [0, 0.1) is 5.82 Å². The molecular weight excluding hydrogens is 373 g/mol. The maximum Gasteiger partial charge on any atom is 0.173 e. The Kier molecular flexibility index (Phi) is 6.29. The van der Waals surface area contributed by atoms with Crippen LogP contribution in [-0.2, 0) is 6.54 Å². The fraction of sp³-hybridized carbons (Fsp3) is 0.316. The zero-order chi connectivity index (χ0) is 18.5. The van der Waals surface area contributed by atoms with E-state index in [1.807, 2.05) is 24.3 Å². The number of nitrogens with zero attached hydrogens (tertiary/aromatic N) is 2. The summed E-state index contributed by atoms with van der Waals surface area (Å²) in [5.74, 6) is 0.496. The Hall–Kier alpha value is -1.89. The first kappa shape index (κ1) is 18.9. The summed E-state index contributed by atoms with van der Waals surface area (Å²) in [6.45, 7) is 3.63. The van der Waals surface area contributed by atoms with Gasteiger partial charge in [0.15, 0.2) is 5.11 Å². The number of methoxy groups -OCH3 is 1. The number of thiocarbonyl (C=S) groups is 1. The molecule has 0 spiro atoms. The number of piperazine rings is 1. The zero-order valence-electron chi connectivity index (χ0n) is 14.5. The number of benzene rings is 2. The minimum atomic E-state index is -0.256. The van der Waals surface area contributed by atoms with E-state index in [-0.39, 0.29) is 5.82 Å². The molecule has 0 saturated carbocycles. The molecule has 0 aromatic heterocycles. The fourth-order valence-corrected chi connectivity index (χ4v) is 3.47. The highest BCUT2D eigenvalue weighted by Gasteiger charge is 2.21.